The van der Waals surface area contributed by atoms with E-state index in [4.69, 9.17) is 9.47 Å². The molecule has 1 aliphatic rings. The van der Waals surface area contributed by atoms with E-state index in [9.17, 15) is 19.2 Å². The van der Waals surface area contributed by atoms with Crippen molar-refractivity contribution in [2.24, 2.45) is 0 Å². The van der Waals surface area contributed by atoms with E-state index in [1.54, 1.807) is 32.9 Å². The van der Waals surface area contributed by atoms with E-state index in [1.807, 2.05) is 0 Å². The van der Waals surface area contributed by atoms with Gasteiger partial charge in [-0.1, -0.05) is 0 Å². The molecule has 0 bridgehead atoms. The fourth-order valence-corrected chi connectivity index (χ4v) is 3.43. The lowest BCUT2D eigenvalue weighted by Crippen LogP contribution is -2.30. The molecule has 1 aromatic carbocycles. The lowest BCUT2D eigenvalue weighted by atomic mass is 10.2. The molecule has 2 heterocycles. The zero-order valence-electron chi connectivity index (χ0n) is 19.2. The molecule has 3 N–H and O–H groups in total. The SMILES string of the molecule is COc1ccc(NC(=O)c2cnc3c(c2)c(=O)[nH]c(=O)n3C2CC2)cc1NC(=O)OC(C)(C)C. The summed E-state index contributed by atoms with van der Waals surface area (Å²) in [6, 6.07) is 6.11. The Bertz CT molecular complexity index is 1400. The normalized spacial score (nSPS) is 13.4. The molecule has 11 heteroatoms. The van der Waals surface area contributed by atoms with Crippen LogP contribution in [0.15, 0.2) is 40.1 Å². The Kier molecular flexibility index (Phi) is 5.86. The van der Waals surface area contributed by atoms with Crippen molar-refractivity contribution < 1.29 is 19.1 Å². The average Bonchev–Trinajstić information content (AvgIpc) is 3.57. The largest absolute Gasteiger partial charge is 0.495 e. The van der Waals surface area contributed by atoms with Gasteiger partial charge in [-0.2, -0.15) is 0 Å². The smallest absolute Gasteiger partial charge is 0.412 e. The van der Waals surface area contributed by atoms with Crippen LogP contribution < -0.4 is 26.6 Å². The van der Waals surface area contributed by atoms with E-state index in [0.717, 1.165) is 12.8 Å². The van der Waals surface area contributed by atoms with E-state index in [0.29, 0.717) is 17.1 Å². The molecule has 1 aliphatic carbocycles. The summed E-state index contributed by atoms with van der Waals surface area (Å²) in [5.41, 5.74) is -0.739. The molecule has 1 saturated carbocycles. The molecule has 4 rings (SSSR count). The molecule has 178 valence electrons. The number of hydrogen-bond donors (Lipinski definition) is 3. The Hall–Kier alpha value is -4.15. The van der Waals surface area contributed by atoms with Gasteiger partial charge in [-0.25, -0.2) is 14.6 Å². The van der Waals surface area contributed by atoms with Gasteiger partial charge < -0.3 is 14.8 Å². The van der Waals surface area contributed by atoms with Crippen molar-refractivity contribution in [3.05, 3.63) is 56.9 Å². The summed E-state index contributed by atoms with van der Waals surface area (Å²) in [6.45, 7) is 5.23. The number of amides is 2. The van der Waals surface area contributed by atoms with Gasteiger partial charge in [0.15, 0.2) is 0 Å². The number of anilines is 2. The standard InChI is InChI=1S/C23H25N5O6/c1-23(2,3)34-22(32)26-16-10-13(5-8-17(16)33-4)25-19(29)12-9-15-18(24-11-12)28(14-6-7-14)21(31)27-20(15)30/h5,8-11,14H,6-7H2,1-4H3,(H,25,29)(H,26,32)(H,27,30,31). The number of aromatic amines is 1. The van der Waals surface area contributed by atoms with Crippen LogP contribution in [0.25, 0.3) is 11.0 Å². The van der Waals surface area contributed by atoms with E-state index in [1.165, 1.54) is 30.0 Å². The van der Waals surface area contributed by atoms with Crippen LogP contribution in [0, 0.1) is 0 Å². The van der Waals surface area contributed by atoms with Gasteiger partial charge in [0.05, 0.1) is 23.7 Å². The van der Waals surface area contributed by atoms with Gasteiger partial charge >= 0.3 is 11.8 Å². The third-order valence-corrected chi connectivity index (χ3v) is 5.05. The minimum Gasteiger partial charge on any atom is -0.495 e. The molecule has 34 heavy (non-hydrogen) atoms. The highest BCUT2D eigenvalue weighted by Gasteiger charge is 2.28. The van der Waals surface area contributed by atoms with Crippen LogP contribution in [0.4, 0.5) is 16.2 Å². The van der Waals surface area contributed by atoms with Gasteiger partial charge in [0, 0.05) is 17.9 Å². The predicted octanol–water partition coefficient (Wildman–Crippen LogP) is 3.03. The number of nitrogens with one attached hydrogen (secondary N) is 3. The van der Waals surface area contributed by atoms with Crippen molar-refractivity contribution >= 4 is 34.4 Å². The zero-order chi connectivity index (χ0) is 24.6. The van der Waals surface area contributed by atoms with Crippen LogP contribution in [0.2, 0.25) is 0 Å². The first-order chi connectivity index (χ1) is 16.1. The van der Waals surface area contributed by atoms with Gasteiger partial charge in [0.25, 0.3) is 11.5 Å². The third-order valence-electron chi connectivity index (χ3n) is 5.05. The second-order valence-electron chi connectivity index (χ2n) is 8.95. The number of pyridine rings is 1. The maximum atomic E-state index is 12.9. The van der Waals surface area contributed by atoms with E-state index in [-0.39, 0.29) is 22.6 Å². The summed E-state index contributed by atoms with van der Waals surface area (Å²) in [4.78, 5) is 56.1. The minimum atomic E-state index is -0.686. The highest BCUT2D eigenvalue weighted by molar-refractivity contribution is 6.06. The van der Waals surface area contributed by atoms with Crippen molar-refractivity contribution in [1.82, 2.24) is 14.5 Å². The van der Waals surface area contributed by atoms with Crippen LogP contribution in [0.5, 0.6) is 5.75 Å². The fourth-order valence-electron chi connectivity index (χ4n) is 3.43. The first-order valence-electron chi connectivity index (χ1n) is 10.7. The van der Waals surface area contributed by atoms with Crippen LogP contribution in [0.3, 0.4) is 0 Å². The maximum absolute atomic E-state index is 12.9. The Labute approximate surface area is 194 Å². The minimum absolute atomic E-state index is 0.00854. The lowest BCUT2D eigenvalue weighted by Gasteiger charge is -2.20. The maximum Gasteiger partial charge on any atom is 0.412 e. The number of carbonyl (C=O) groups excluding carboxylic acids is 2. The molecule has 3 aromatic rings. The number of fused-ring (bicyclic) bond motifs is 1. The molecule has 0 unspecified atom stereocenters. The number of aromatic nitrogens is 3. The molecule has 0 atom stereocenters. The predicted molar refractivity (Wildman–Crippen MR) is 126 cm³/mol. The third kappa shape index (κ3) is 4.92. The van der Waals surface area contributed by atoms with Crippen LogP contribution in [-0.4, -0.2) is 39.2 Å². The summed E-state index contributed by atoms with van der Waals surface area (Å²) in [6.07, 6.45) is 2.32. The fraction of sp³-hybridized carbons (Fsp3) is 0.348. The number of ether oxygens (including phenoxy) is 2. The van der Waals surface area contributed by atoms with Gasteiger partial charge in [-0.15, -0.1) is 0 Å². The number of H-pyrrole nitrogens is 1. The second-order valence-corrected chi connectivity index (χ2v) is 8.95. The van der Waals surface area contributed by atoms with Gasteiger partial charge in [-0.3, -0.25) is 24.5 Å². The van der Waals surface area contributed by atoms with E-state index in [2.05, 4.69) is 20.6 Å². The molecular formula is C23H25N5O6. The summed E-state index contributed by atoms with van der Waals surface area (Å²) in [5, 5.41) is 5.47. The lowest BCUT2D eigenvalue weighted by molar-refractivity contribution is 0.0635. The molecule has 2 aromatic heterocycles. The topological polar surface area (TPSA) is 144 Å². The zero-order valence-corrected chi connectivity index (χ0v) is 19.2. The van der Waals surface area contributed by atoms with Crippen LogP contribution in [-0.2, 0) is 4.74 Å². The monoisotopic (exact) mass is 467 g/mol. The Morgan fingerprint density at radius 3 is 2.53 bits per heavy atom. The van der Waals surface area contributed by atoms with Gasteiger partial charge in [0.2, 0.25) is 0 Å². The molecule has 0 aliphatic heterocycles. The first kappa shape index (κ1) is 23.0. The Balaban J connectivity index is 1.59. The number of rotatable bonds is 5. The molecule has 2 amide bonds. The van der Waals surface area contributed by atoms with Crippen molar-refractivity contribution in [2.75, 3.05) is 17.7 Å². The Morgan fingerprint density at radius 2 is 1.88 bits per heavy atom. The van der Waals surface area contributed by atoms with E-state index >= 15 is 0 Å². The summed E-state index contributed by atoms with van der Waals surface area (Å²) in [5.74, 6) is -0.146. The number of methoxy groups -OCH3 is 1. The highest BCUT2D eigenvalue weighted by Crippen LogP contribution is 2.34. The van der Waals surface area contributed by atoms with Crippen LogP contribution in [0.1, 0.15) is 50.0 Å². The molecule has 0 spiro atoms. The highest BCUT2D eigenvalue weighted by atomic mass is 16.6. The summed E-state index contributed by atoms with van der Waals surface area (Å²) in [7, 11) is 1.45. The van der Waals surface area contributed by atoms with Crippen molar-refractivity contribution in [3.8, 4) is 5.75 Å². The van der Waals surface area contributed by atoms with Crippen molar-refractivity contribution in [3.63, 3.8) is 0 Å². The summed E-state index contributed by atoms with van der Waals surface area (Å²) < 4.78 is 12.0. The molecule has 0 saturated heterocycles. The van der Waals surface area contributed by atoms with Gasteiger partial charge in [-0.05, 0) is 57.9 Å². The first-order valence-corrected chi connectivity index (χ1v) is 10.7. The van der Waals surface area contributed by atoms with Crippen molar-refractivity contribution in [1.29, 1.82) is 0 Å². The number of carbonyl (C=O) groups is 2. The van der Waals surface area contributed by atoms with Gasteiger partial charge in [0.1, 0.15) is 17.0 Å². The van der Waals surface area contributed by atoms with Crippen molar-refractivity contribution in [2.45, 2.75) is 45.3 Å². The quantitative estimate of drug-likeness (QED) is 0.523. The molecule has 1 fully saturated rings. The van der Waals surface area contributed by atoms with E-state index < -0.39 is 28.9 Å². The second kappa shape index (κ2) is 8.65. The summed E-state index contributed by atoms with van der Waals surface area (Å²) >= 11 is 0. The average molecular weight is 467 g/mol. The molecule has 0 radical (unpaired) electrons. The molecular weight excluding hydrogens is 442 g/mol. The number of benzene rings is 1. The molecule has 11 nitrogen and oxygen atoms in total. The Morgan fingerprint density at radius 1 is 1.15 bits per heavy atom. The number of nitrogens with zero attached hydrogens (tertiary/aromatic N) is 2. The van der Waals surface area contributed by atoms with Crippen LogP contribution >= 0.6 is 0 Å². The number of hydrogen-bond acceptors (Lipinski definition) is 7.